The summed E-state index contributed by atoms with van der Waals surface area (Å²) in [6.07, 6.45) is 12.3. The first kappa shape index (κ1) is 36.5. The van der Waals surface area contributed by atoms with Crippen LogP contribution in [0.4, 0.5) is 0 Å². The summed E-state index contributed by atoms with van der Waals surface area (Å²) in [5.74, 6) is -0.114. The molecule has 2 fully saturated rings. The highest BCUT2D eigenvalue weighted by Crippen LogP contribution is 2.36. The molecule has 1 unspecified atom stereocenters. The molecular formula is C44H48N4O4S2. The molecule has 10 heteroatoms. The van der Waals surface area contributed by atoms with E-state index in [0.717, 1.165) is 77.3 Å². The third-order valence-corrected chi connectivity index (χ3v) is 14.9. The summed E-state index contributed by atoms with van der Waals surface area (Å²) in [4.78, 5) is 8.87. The summed E-state index contributed by atoms with van der Waals surface area (Å²) >= 11 is 0. The molecule has 0 amide bonds. The Labute approximate surface area is 319 Å². The van der Waals surface area contributed by atoms with Gasteiger partial charge in [0.25, 0.3) is 0 Å². The predicted octanol–water partition coefficient (Wildman–Crippen LogP) is 7.90. The Hall–Kier alpha value is -4.48. The maximum Gasteiger partial charge on any atom is 0.199 e. The molecule has 2 saturated heterocycles. The van der Waals surface area contributed by atoms with Gasteiger partial charge >= 0.3 is 0 Å². The normalized spacial score (nSPS) is 19.4. The second kappa shape index (κ2) is 15.0. The number of aromatic amines is 1. The van der Waals surface area contributed by atoms with Gasteiger partial charge in [0.2, 0.25) is 0 Å². The molecule has 280 valence electrons. The molecule has 4 heterocycles. The number of hydrogen-bond acceptors (Lipinski definition) is 6. The maximum atomic E-state index is 14.3. The highest BCUT2D eigenvalue weighted by atomic mass is 32.2. The van der Waals surface area contributed by atoms with Gasteiger partial charge in [-0.1, -0.05) is 48.5 Å². The van der Waals surface area contributed by atoms with Crippen LogP contribution in [0.2, 0.25) is 0 Å². The van der Waals surface area contributed by atoms with Gasteiger partial charge in [-0.2, -0.15) is 0 Å². The molecule has 2 aliphatic rings. The number of H-pyrrole nitrogens is 1. The second-order valence-corrected chi connectivity index (χ2v) is 19.1. The van der Waals surface area contributed by atoms with Gasteiger partial charge in [0.05, 0.1) is 21.6 Å². The van der Waals surface area contributed by atoms with Crippen molar-refractivity contribution in [2.45, 2.75) is 66.4 Å². The number of likely N-dealkylation sites (N-methyl/N-ethyl adjacent to an activating group) is 2. The molecule has 0 spiro atoms. The zero-order chi connectivity index (χ0) is 37.5. The van der Waals surface area contributed by atoms with Crippen molar-refractivity contribution in [1.82, 2.24) is 19.4 Å². The highest BCUT2D eigenvalue weighted by Gasteiger charge is 2.29. The lowest BCUT2D eigenvalue weighted by atomic mass is 10.00. The van der Waals surface area contributed by atoms with E-state index in [-0.39, 0.29) is 10.6 Å². The van der Waals surface area contributed by atoms with E-state index in [1.54, 1.807) is 60.7 Å². The van der Waals surface area contributed by atoms with Crippen molar-refractivity contribution < 1.29 is 16.8 Å². The Morgan fingerprint density at radius 2 is 1.39 bits per heavy atom. The Morgan fingerprint density at radius 3 is 2.04 bits per heavy atom. The van der Waals surface area contributed by atoms with Gasteiger partial charge in [0, 0.05) is 51.7 Å². The van der Waals surface area contributed by atoms with Crippen LogP contribution in [0.5, 0.6) is 0 Å². The summed E-state index contributed by atoms with van der Waals surface area (Å²) in [5.41, 5.74) is 6.04. The first-order valence-electron chi connectivity index (χ1n) is 19.0. The Morgan fingerprint density at radius 1 is 0.741 bits per heavy atom. The molecular weight excluding hydrogens is 713 g/mol. The average molecular weight is 761 g/mol. The Bertz CT molecular complexity index is 2530. The molecule has 3 atom stereocenters. The molecule has 8 rings (SSSR count). The minimum absolute atomic E-state index is 0.114. The molecule has 0 saturated carbocycles. The number of rotatable bonds is 12. The van der Waals surface area contributed by atoms with Gasteiger partial charge in [-0.25, -0.2) is 16.8 Å². The number of nitrogens with zero attached hydrogens (tertiary/aromatic N) is 3. The van der Waals surface area contributed by atoms with E-state index in [9.17, 15) is 16.8 Å². The maximum absolute atomic E-state index is 14.3. The van der Waals surface area contributed by atoms with Gasteiger partial charge in [-0.3, -0.25) is 0 Å². The minimum Gasteiger partial charge on any atom is -0.361 e. The molecule has 2 aliphatic heterocycles. The fourth-order valence-electron chi connectivity index (χ4n) is 8.55. The van der Waals surface area contributed by atoms with Crippen molar-refractivity contribution in [3.8, 4) is 0 Å². The number of nitrogens with one attached hydrogen (secondary N) is 1. The lowest BCUT2D eigenvalue weighted by Crippen LogP contribution is -2.26. The van der Waals surface area contributed by atoms with Crippen LogP contribution < -0.4 is 0 Å². The van der Waals surface area contributed by atoms with Crippen LogP contribution >= 0.6 is 0 Å². The van der Waals surface area contributed by atoms with E-state index >= 15 is 0 Å². The fraction of sp³-hybridized carbons (Fsp3) is 0.318. The van der Waals surface area contributed by atoms with Gasteiger partial charge in [-0.15, -0.1) is 0 Å². The van der Waals surface area contributed by atoms with E-state index in [4.69, 9.17) is 0 Å². The van der Waals surface area contributed by atoms with E-state index in [0.29, 0.717) is 17.0 Å². The number of sulfone groups is 2. The molecule has 54 heavy (non-hydrogen) atoms. The standard InChI is InChI=1S/C44H48N4O4S2/c1-46-22-9-11-36(46)26-34-29-45-42-19-18-33(28-40(34)42)44(31-54(51,52)39-15-7-4-8-16-39)48-30-35(27-37-12-10-23-47(37)2)41-25-32(17-20-43(41)48)21-24-53(49,50)38-13-5-3-6-14-38/h3-8,13-21,24-25,28-30,36-37,44-45H,9-12,22-23,26-27,31H2,1-2H3/b24-21+/t36-,37-,44?/m1/s1. The van der Waals surface area contributed by atoms with E-state index in [1.165, 1.54) is 23.8 Å². The fourth-order valence-corrected chi connectivity index (χ4v) is 11.1. The topological polar surface area (TPSA) is 95.5 Å². The number of aromatic nitrogens is 2. The van der Waals surface area contributed by atoms with E-state index in [2.05, 4.69) is 70.1 Å². The van der Waals surface area contributed by atoms with Crippen molar-refractivity contribution in [3.63, 3.8) is 0 Å². The molecule has 2 aromatic heterocycles. The third kappa shape index (κ3) is 7.45. The highest BCUT2D eigenvalue weighted by molar-refractivity contribution is 7.94. The first-order chi connectivity index (χ1) is 26.1. The SMILES string of the molecule is CN1CCC[C@@H]1Cc1c[nH]c2ccc(C(CS(=O)(=O)c3ccccc3)n3cc(C[C@H]4CCCN4C)c4cc(/C=C/S(=O)(=O)c5ccccc5)ccc43)cc12. The summed E-state index contributed by atoms with van der Waals surface area (Å²) in [7, 11) is -2.97. The monoisotopic (exact) mass is 760 g/mol. The van der Waals surface area contributed by atoms with Crippen molar-refractivity contribution in [3.05, 3.63) is 137 Å². The summed E-state index contributed by atoms with van der Waals surface area (Å²) < 4.78 is 57.0. The number of hydrogen-bond donors (Lipinski definition) is 1. The molecule has 4 aromatic carbocycles. The molecule has 1 N–H and O–H groups in total. The van der Waals surface area contributed by atoms with Gasteiger partial charge in [0.1, 0.15) is 0 Å². The number of likely N-dealkylation sites (tertiary alicyclic amines) is 2. The average Bonchev–Trinajstić information content (AvgIpc) is 3.98. The molecule has 0 radical (unpaired) electrons. The minimum atomic E-state index is -3.70. The molecule has 0 aliphatic carbocycles. The Kier molecular flexibility index (Phi) is 10.1. The van der Waals surface area contributed by atoms with Crippen molar-refractivity contribution in [1.29, 1.82) is 0 Å². The van der Waals surface area contributed by atoms with Gasteiger partial charge < -0.3 is 19.4 Å². The van der Waals surface area contributed by atoms with Crippen molar-refractivity contribution in [2.75, 3.05) is 32.9 Å². The lowest BCUT2D eigenvalue weighted by Gasteiger charge is -2.22. The van der Waals surface area contributed by atoms with Crippen LogP contribution in [0.25, 0.3) is 27.9 Å². The molecule has 8 nitrogen and oxygen atoms in total. The summed E-state index contributed by atoms with van der Waals surface area (Å²) in [6, 6.07) is 29.9. The van der Waals surface area contributed by atoms with Crippen LogP contribution in [0.3, 0.4) is 0 Å². The van der Waals surface area contributed by atoms with E-state index in [1.807, 2.05) is 18.2 Å². The smallest absolute Gasteiger partial charge is 0.199 e. The zero-order valence-electron chi connectivity index (χ0n) is 30.9. The Balaban J connectivity index is 1.25. The van der Waals surface area contributed by atoms with Crippen LogP contribution in [-0.2, 0) is 32.5 Å². The summed E-state index contributed by atoms with van der Waals surface area (Å²) in [5, 5.41) is 3.41. The van der Waals surface area contributed by atoms with Crippen LogP contribution in [0.1, 0.15) is 54.0 Å². The largest absolute Gasteiger partial charge is 0.361 e. The van der Waals surface area contributed by atoms with Crippen molar-refractivity contribution in [2.24, 2.45) is 0 Å². The van der Waals surface area contributed by atoms with E-state index < -0.39 is 25.7 Å². The first-order valence-corrected chi connectivity index (χ1v) is 22.2. The van der Waals surface area contributed by atoms with Crippen LogP contribution in [0, 0.1) is 0 Å². The van der Waals surface area contributed by atoms with Crippen molar-refractivity contribution >= 4 is 47.6 Å². The van der Waals surface area contributed by atoms with Crippen LogP contribution in [-0.4, -0.2) is 81.2 Å². The van der Waals surface area contributed by atoms with Crippen LogP contribution in [0.15, 0.2) is 125 Å². The third-order valence-electron chi connectivity index (χ3n) is 11.7. The molecule has 0 bridgehead atoms. The lowest BCUT2D eigenvalue weighted by molar-refractivity contribution is 0.309. The number of benzene rings is 4. The summed E-state index contributed by atoms with van der Waals surface area (Å²) in [6.45, 7) is 2.15. The second-order valence-electron chi connectivity index (χ2n) is 15.2. The van der Waals surface area contributed by atoms with Gasteiger partial charge in [0.15, 0.2) is 19.7 Å². The van der Waals surface area contributed by atoms with Gasteiger partial charge in [-0.05, 0) is 143 Å². The molecule has 6 aromatic rings. The quantitative estimate of drug-likeness (QED) is 0.136. The zero-order valence-corrected chi connectivity index (χ0v) is 32.6. The predicted molar refractivity (Wildman–Crippen MR) is 218 cm³/mol. The number of fused-ring (bicyclic) bond motifs is 2.